The lowest BCUT2D eigenvalue weighted by atomic mass is 9.75. The minimum Gasteiger partial charge on any atom is -0.502 e. The predicted octanol–water partition coefficient (Wildman–Crippen LogP) is 6.73. The van der Waals surface area contributed by atoms with E-state index in [1.54, 1.807) is 6.26 Å². The van der Waals surface area contributed by atoms with Gasteiger partial charge in [-0.2, -0.15) is 0 Å². The number of hydrogen-bond acceptors (Lipinski definition) is 1. The molecule has 0 rings (SSSR count). The molecule has 20 heavy (non-hydrogen) atoms. The van der Waals surface area contributed by atoms with Crippen LogP contribution in [-0.4, -0.2) is 6.61 Å². The Bertz CT molecular complexity index is 224. The zero-order valence-corrected chi connectivity index (χ0v) is 14.7. The normalized spacial score (nSPS) is 13.8. The first-order valence-electron chi connectivity index (χ1n) is 8.75. The fourth-order valence-electron chi connectivity index (χ4n) is 2.76. The van der Waals surface area contributed by atoms with Crippen LogP contribution in [0.5, 0.6) is 0 Å². The molecule has 0 saturated heterocycles. The molecule has 0 aliphatic carbocycles. The van der Waals surface area contributed by atoms with Gasteiger partial charge in [0.15, 0.2) is 0 Å². The van der Waals surface area contributed by atoms with Crippen molar-refractivity contribution in [2.75, 3.05) is 6.61 Å². The Morgan fingerprint density at radius 1 is 0.900 bits per heavy atom. The van der Waals surface area contributed by atoms with Crippen molar-refractivity contribution < 1.29 is 4.74 Å². The van der Waals surface area contributed by atoms with Crippen molar-refractivity contribution >= 4 is 0 Å². The zero-order chi connectivity index (χ0) is 15.3. The van der Waals surface area contributed by atoms with E-state index >= 15 is 0 Å². The van der Waals surface area contributed by atoms with Gasteiger partial charge >= 0.3 is 0 Å². The van der Waals surface area contributed by atoms with E-state index in [0.717, 1.165) is 12.5 Å². The van der Waals surface area contributed by atoms with Crippen molar-refractivity contribution in [2.45, 2.75) is 92.4 Å². The van der Waals surface area contributed by atoms with Crippen LogP contribution in [0.1, 0.15) is 92.4 Å². The van der Waals surface area contributed by atoms with Crippen LogP contribution < -0.4 is 0 Å². The summed E-state index contributed by atoms with van der Waals surface area (Å²) in [5, 5.41) is 0. The summed E-state index contributed by atoms with van der Waals surface area (Å²) in [4.78, 5) is 0. The third-order valence-electron chi connectivity index (χ3n) is 4.18. The molecule has 0 aliphatic rings. The van der Waals surface area contributed by atoms with Gasteiger partial charge in [0.05, 0.1) is 12.9 Å². The Morgan fingerprint density at radius 3 is 2.10 bits per heavy atom. The first-order chi connectivity index (χ1) is 9.52. The molecule has 0 saturated carbocycles. The lowest BCUT2D eigenvalue weighted by Crippen LogP contribution is -2.21. The van der Waals surface area contributed by atoms with Gasteiger partial charge in [-0.15, -0.1) is 0 Å². The fourth-order valence-corrected chi connectivity index (χ4v) is 2.76. The molecule has 1 atom stereocenters. The van der Waals surface area contributed by atoms with Gasteiger partial charge in [0.25, 0.3) is 0 Å². The molecular formula is C19H38O. The molecule has 0 N–H and O–H groups in total. The number of rotatable bonds is 12. The van der Waals surface area contributed by atoms with Crippen molar-refractivity contribution in [2.24, 2.45) is 11.3 Å². The topological polar surface area (TPSA) is 9.23 Å². The first-order valence-corrected chi connectivity index (χ1v) is 8.75. The highest BCUT2D eigenvalue weighted by Gasteiger charge is 2.23. The van der Waals surface area contributed by atoms with Crippen molar-refractivity contribution in [1.29, 1.82) is 0 Å². The average Bonchev–Trinajstić information content (AvgIpc) is 2.38. The second kappa shape index (κ2) is 12.3. The highest BCUT2D eigenvalue weighted by atomic mass is 16.5. The van der Waals surface area contributed by atoms with Crippen LogP contribution >= 0.6 is 0 Å². The van der Waals surface area contributed by atoms with E-state index < -0.39 is 0 Å². The van der Waals surface area contributed by atoms with Crippen molar-refractivity contribution in [3.63, 3.8) is 0 Å². The molecular weight excluding hydrogens is 244 g/mol. The van der Waals surface area contributed by atoms with Gasteiger partial charge < -0.3 is 4.74 Å². The van der Waals surface area contributed by atoms with E-state index in [9.17, 15) is 0 Å². The van der Waals surface area contributed by atoms with Crippen molar-refractivity contribution in [3.05, 3.63) is 12.3 Å². The van der Waals surface area contributed by atoms with Gasteiger partial charge in [-0.25, -0.2) is 0 Å². The average molecular weight is 283 g/mol. The molecule has 0 bridgehead atoms. The Morgan fingerprint density at radius 2 is 1.50 bits per heavy atom. The SMILES string of the molecule is CC=COCCCC(CCCCCCCC)C(C)(C)C. The second-order valence-electron chi connectivity index (χ2n) is 7.10. The van der Waals surface area contributed by atoms with Crippen LogP contribution in [0.4, 0.5) is 0 Å². The maximum atomic E-state index is 5.44. The van der Waals surface area contributed by atoms with E-state index in [1.807, 2.05) is 13.0 Å². The van der Waals surface area contributed by atoms with Crippen LogP contribution in [-0.2, 0) is 4.74 Å². The molecule has 1 unspecified atom stereocenters. The van der Waals surface area contributed by atoms with Gasteiger partial charge in [0.2, 0.25) is 0 Å². The molecule has 0 aromatic rings. The van der Waals surface area contributed by atoms with Crippen LogP contribution in [0.2, 0.25) is 0 Å². The number of hydrogen-bond donors (Lipinski definition) is 0. The Hall–Kier alpha value is -0.460. The number of allylic oxidation sites excluding steroid dienone is 1. The van der Waals surface area contributed by atoms with Gasteiger partial charge in [-0.3, -0.25) is 0 Å². The summed E-state index contributed by atoms with van der Waals surface area (Å²) < 4.78 is 5.44. The molecule has 0 aromatic carbocycles. The summed E-state index contributed by atoms with van der Waals surface area (Å²) in [6.45, 7) is 12.3. The summed E-state index contributed by atoms with van der Waals surface area (Å²) >= 11 is 0. The molecule has 120 valence electrons. The summed E-state index contributed by atoms with van der Waals surface area (Å²) in [7, 11) is 0. The second-order valence-corrected chi connectivity index (χ2v) is 7.10. The minimum absolute atomic E-state index is 0.435. The summed E-state index contributed by atoms with van der Waals surface area (Å²) in [6.07, 6.45) is 16.1. The van der Waals surface area contributed by atoms with E-state index in [0.29, 0.717) is 5.41 Å². The molecule has 0 aliphatic heterocycles. The quantitative estimate of drug-likeness (QED) is 0.285. The number of unbranched alkanes of at least 4 members (excludes halogenated alkanes) is 5. The van der Waals surface area contributed by atoms with Crippen molar-refractivity contribution in [3.8, 4) is 0 Å². The third kappa shape index (κ3) is 11.4. The van der Waals surface area contributed by atoms with E-state index in [-0.39, 0.29) is 0 Å². The molecule has 0 amide bonds. The van der Waals surface area contributed by atoms with Gasteiger partial charge in [-0.05, 0) is 37.5 Å². The molecule has 0 spiro atoms. The van der Waals surface area contributed by atoms with Crippen LogP contribution in [0.3, 0.4) is 0 Å². The lowest BCUT2D eigenvalue weighted by Gasteiger charge is -2.31. The minimum atomic E-state index is 0.435. The Labute approximate surface area is 128 Å². The summed E-state index contributed by atoms with van der Waals surface area (Å²) in [6, 6.07) is 0. The Kier molecular flexibility index (Phi) is 12.0. The molecule has 0 heterocycles. The highest BCUT2D eigenvalue weighted by Crippen LogP contribution is 2.34. The van der Waals surface area contributed by atoms with Gasteiger partial charge in [0, 0.05) is 0 Å². The molecule has 0 radical (unpaired) electrons. The van der Waals surface area contributed by atoms with Crippen LogP contribution in [0.15, 0.2) is 12.3 Å². The smallest absolute Gasteiger partial charge is 0.0873 e. The Balaban J connectivity index is 3.80. The molecule has 1 heteroatoms. The monoisotopic (exact) mass is 282 g/mol. The highest BCUT2D eigenvalue weighted by molar-refractivity contribution is 4.74. The third-order valence-corrected chi connectivity index (χ3v) is 4.18. The fraction of sp³-hybridized carbons (Fsp3) is 0.895. The first kappa shape index (κ1) is 19.5. The van der Waals surface area contributed by atoms with E-state index in [2.05, 4.69) is 27.7 Å². The van der Waals surface area contributed by atoms with E-state index in [1.165, 1.54) is 57.8 Å². The van der Waals surface area contributed by atoms with Crippen LogP contribution in [0.25, 0.3) is 0 Å². The maximum absolute atomic E-state index is 5.44. The molecule has 0 fully saturated rings. The summed E-state index contributed by atoms with van der Waals surface area (Å²) in [5.41, 5.74) is 0.435. The standard InChI is InChI=1S/C19H38O/c1-6-8-9-10-11-12-14-18(19(3,4)5)15-13-17-20-16-7-2/h7,16,18H,6,8-15,17H2,1-5H3. The number of ether oxygens (including phenoxy) is 1. The maximum Gasteiger partial charge on any atom is 0.0873 e. The largest absolute Gasteiger partial charge is 0.502 e. The lowest BCUT2D eigenvalue weighted by molar-refractivity contribution is 0.175. The van der Waals surface area contributed by atoms with E-state index in [4.69, 9.17) is 4.74 Å². The zero-order valence-electron chi connectivity index (χ0n) is 14.7. The summed E-state index contributed by atoms with van der Waals surface area (Å²) in [5.74, 6) is 0.836. The van der Waals surface area contributed by atoms with Crippen molar-refractivity contribution in [1.82, 2.24) is 0 Å². The molecule has 0 aromatic heterocycles. The van der Waals surface area contributed by atoms with Gasteiger partial charge in [-0.1, -0.05) is 72.3 Å². The van der Waals surface area contributed by atoms with Gasteiger partial charge in [0.1, 0.15) is 0 Å². The predicted molar refractivity (Wildman–Crippen MR) is 90.9 cm³/mol. The molecule has 1 nitrogen and oxygen atoms in total. The van der Waals surface area contributed by atoms with Crippen LogP contribution in [0, 0.1) is 11.3 Å².